The Hall–Kier alpha value is -4.00. The van der Waals surface area contributed by atoms with Crippen molar-refractivity contribution in [2.75, 3.05) is 10.9 Å². The van der Waals surface area contributed by atoms with Crippen LogP contribution in [0, 0.1) is 0 Å². The molecule has 0 saturated heterocycles. The molecule has 0 unspecified atom stereocenters. The molecule has 0 fully saturated rings. The van der Waals surface area contributed by atoms with Crippen LogP contribution in [-0.2, 0) is 27.2 Å². The van der Waals surface area contributed by atoms with Crippen molar-refractivity contribution in [3.63, 3.8) is 0 Å². The monoisotopic (exact) mass is 761 g/mol. The van der Waals surface area contributed by atoms with Crippen LogP contribution in [0.5, 0.6) is 11.5 Å². The molecule has 0 aliphatic carbocycles. The molecule has 0 spiro atoms. The van der Waals surface area contributed by atoms with Crippen molar-refractivity contribution in [1.29, 1.82) is 0 Å². The molecule has 0 saturated carbocycles. The van der Waals surface area contributed by atoms with E-state index in [1.165, 1.54) is 12.1 Å². The minimum absolute atomic E-state index is 0. The number of aromatic carboxylic acids is 1. The van der Waals surface area contributed by atoms with Crippen molar-refractivity contribution in [3.8, 4) is 22.6 Å². The molecular weight excluding hydrogens is 742 g/mol. The number of anilines is 2. The molecule has 0 bridgehead atoms. The van der Waals surface area contributed by atoms with E-state index in [1.54, 1.807) is 48.5 Å². The number of carboxylic acids is 1. The summed E-state index contributed by atoms with van der Waals surface area (Å²) in [4.78, 5) is 35.7. The number of carboxylic acid groups (broad SMARTS) is 1. The van der Waals surface area contributed by atoms with Gasteiger partial charge in [0.05, 0.1) is 33.6 Å². The molecule has 0 amide bonds. The van der Waals surface area contributed by atoms with Gasteiger partial charge in [0.2, 0.25) is 10.9 Å². The van der Waals surface area contributed by atoms with Gasteiger partial charge in [0, 0.05) is 22.6 Å². The summed E-state index contributed by atoms with van der Waals surface area (Å²) in [5, 5.41) is 45.7. The third-order valence-electron chi connectivity index (χ3n) is 6.49. The number of phenolic OH excluding ortho intramolecular Hbond substituents is 1. The van der Waals surface area contributed by atoms with Crippen LogP contribution in [-0.4, -0.2) is 29.2 Å². The number of carbonyl (C=O) groups excluding carboxylic acids is 1. The van der Waals surface area contributed by atoms with E-state index in [-0.39, 0.29) is 92.9 Å². The van der Waals surface area contributed by atoms with Crippen LogP contribution >= 0.6 is 0 Å². The maximum absolute atomic E-state index is 12.9. The number of rotatable bonds is 9. The van der Waals surface area contributed by atoms with Crippen LogP contribution in [0.2, 0.25) is 0 Å². The second-order valence-electron chi connectivity index (χ2n) is 9.65. The summed E-state index contributed by atoms with van der Waals surface area (Å²) in [6.07, 6.45) is 0. The number of phenols is 2. The van der Waals surface area contributed by atoms with Gasteiger partial charge < -0.3 is 24.7 Å². The molecule has 1 radical (unpaired) electrons. The van der Waals surface area contributed by atoms with E-state index in [2.05, 4.69) is 31.3 Å². The van der Waals surface area contributed by atoms with E-state index in [1.807, 2.05) is 0 Å². The molecule has 15 nitrogen and oxygen atoms in total. The summed E-state index contributed by atoms with van der Waals surface area (Å²) in [7, 11) is -4.81. The first-order valence-corrected chi connectivity index (χ1v) is 14.7. The predicted molar refractivity (Wildman–Crippen MR) is 164 cm³/mol. The average molecular weight is 762 g/mol. The normalized spacial score (nSPS) is 11.6. The Labute approximate surface area is 337 Å². The summed E-state index contributed by atoms with van der Waals surface area (Å²) >= 11 is 0. The fourth-order valence-corrected chi connectivity index (χ4v) is 4.56. The first-order chi connectivity index (χ1) is 22.4. The molecule has 0 atom stereocenters. The van der Waals surface area contributed by atoms with Gasteiger partial charge in [0.1, 0.15) is 27.0 Å². The largest absolute Gasteiger partial charge is 1.00 e. The SMILES string of the molecule is O=C([O-])c1cc(N=Nc2ccc(-c3ccc(NN=c4c(=O)cc/c(=N/Nc5cc(S(=O)(=O)[O-])ccc5O)c4=O)cc3)cc2)ccc1O.[Cu].[Na+].[Na+]. The number of nitrogens with one attached hydrogen (secondary N) is 2. The van der Waals surface area contributed by atoms with Gasteiger partial charge in [-0.1, -0.05) is 24.3 Å². The molecule has 0 aliphatic rings. The number of nitrogens with zero attached hydrogens (tertiary/aromatic N) is 4. The fourth-order valence-electron chi connectivity index (χ4n) is 4.06. The Bertz CT molecular complexity index is 2390. The molecule has 50 heavy (non-hydrogen) atoms. The smallest absolute Gasteiger partial charge is 0.744 e. The van der Waals surface area contributed by atoms with Crippen LogP contribution in [0.1, 0.15) is 10.4 Å². The van der Waals surface area contributed by atoms with Gasteiger partial charge in [-0.25, -0.2) is 8.42 Å². The molecule has 0 heterocycles. The van der Waals surface area contributed by atoms with E-state index in [0.717, 1.165) is 47.5 Å². The van der Waals surface area contributed by atoms with Gasteiger partial charge in [-0.3, -0.25) is 20.4 Å². The summed E-state index contributed by atoms with van der Waals surface area (Å²) in [5.41, 5.74) is 5.55. The Balaban J connectivity index is 0.00000289. The van der Waals surface area contributed by atoms with Crippen molar-refractivity contribution in [1.82, 2.24) is 0 Å². The standard InChI is InChI=1S/C31H22N6O9S.Cu.2Na/c38-26-12-9-21(15-23(26)31(42)43)34-32-19-5-1-17(2-6-19)18-3-7-20(8-4-18)33-37-29-28(40)14-11-24(30(29)41)35-36-25-16-22(47(44,45)46)10-13-27(25)39;;;/h1-16,33,36,38-39H,(H,42,43)(H,44,45,46);;;/q;;2*+1/p-2/b34-32?,35-24-,37-29?;;;. The number of hydrogen-bond acceptors (Lipinski definition) is 15. The van der Waals surface area contributed by atoms with Crippen molar-refractivity contribution in [2.45, 2.75) is 4.90 Å². The fraction of sp³-hybridized carbons (Fsp3) is 0. The van der Waals surface area contributed by atoms with E-state index in [0.29, 0.717) is 11.4 Å². The van der Waals surface area contributed by atoms with Gasteiger partial charge in [-0.15, -0.1) is 0 Å². The van der Waals surface area contributed by atoms with Gasteiger partial charge in [0.15, 0.2) is 5.36 Å². The average Bonchev–Trinajstić information content (AvgIpc) is 3.04. The van der Waals surface area contributed by atoms with Crippen LogP contribution in [0.15, 0.2) is 132 Å². The molecule has 5 aromatic rings. The third kappa shape index (κ3) is 10.5. The maximum Gasteiger partial charge on any atom is 1.00 e. The van der Waals surface area contributed by atoms with Crippen molar-refractivity contribution in [2.24, 2.45) is 20.4 Å². The van der Waals surface area contributed by atoms with Crippen molar-refractivity contribution >= 4 is 38.8 Å². The predicted octanol–water partition coefficient (Wildman–Crippen LogP) is -4.10. The van der Waals surface area contributed by atoms with Crippen LogP contribution in [0.4, 0.5) is 22.7 Å². The second kappa shape index (κ2) is 18.3. The quantitative estimate of drug-likeness (QED) is 0.0370. The number of benzene rings is 5. The van der Waals surface area contributed by atoms with Gasteiger partial charge in [-0.2, -0.15) is 20.4 Å². The van der Waals surface area contributed by atoms with Gasteiger partial charge in [0.25, 0.3) is 0 Å². The number of aromatic hydroxyl groups is 2. The summed E-state index contributed by atoms with van der Waals surface area (Å²) in [5.74, 6) is -2.41. The van der Waals surface area contributed by atoms with Crippen molar-refractivity contribution in [3.05, 3.63) is 134 Å². The Morgan fingerprint density at radius 3 is 1.90 bits per heavy atom. The zero-order valence-corrected chi connectivity index (χ0v) is 31.7. The Morgan fingerprint density at radius 2 is 1.28 bits per heavy atom. The molecule has 5 rings (SSSR count). The number of hydrogen-bond donors (Lipinski definition) is 4. The molecule has 247 valence electrons. The maximum atomic E-state index is 12.9. The first kappa shape index (κ1) is 42.2. The molecule has 4 N–H and O–H groups in total. The minimum atomic E-state index is -4.81. The Kier molecular flexibility index (Phi) is 15.4. The van der Waals surface area contributed by atoms with Gasteiger partial charge in [-0.05, 0) is 83.9 Å². The second-order valence-corrected chi connectivity index (χ2v) is 11.0. The molecular formula is C31H20CuN6Na2O9S. The van der Waals surface area contributed by atoms with E-state index in [9.17, 15) is 42.7 Å². The van der Waals surface area contributed by atoms with E-state index in [4.69, 9.17) is 0 Å². The zero-order valence-electron chi connectivity index (χ0n) is 26.0. The topological polar surface area (TPSA) is 245 Å². The zero-order chi connectivity index (χ0) is 33.7. The molecule has 19 heteroatoms. The molecule has 5 aromatic carbocycles. The molecule has 0 aliphatic heterocycles. The number of azo groups is 1. The first-order valence-electron chi connectivity index (χ1n) is 13.3. The van der Waals surface area contributed by atoms with E-state index >= 15 is 0 Å². The summed E-state index contributed by atoms with van der Waals surface area (Å²) in [6.45, 7) is 0. The summed E-state index contributed by atoms with van der Waals surface area (Å²) in [6, 6.07) is 22.5. The minimum Gasteiger partial charge on any atom is -0.744 e. The van der Waals surface area contributed by atoms with E-state index < -0.39 is 54.3 Å². The summed E-state index contributed by atoms with van der Waals surface area (Å²) < 4.78 is 33.8. The Morgan fingerprint density at radius 1 is 0.700 bits per heavy atom. The van der Waals surface area contributed by atoms with Crippen LogP contribution in [0.3, 0.4) is 0 Å². The molecule has 0 aromatic heterocycles. The van der Waals surface area contributed by atoms with Gasteiger partial charge >= 0.3 is 59.1 Å². The third-order valence-corrected chi connectivity index (χ3v) is 7.32. The van der Waals surface area contributed by atoms with Crippen LogP contribution in [0.25, 0.3) is 11.1 Å². The number of carbonyl (C=O) groups is 1. The van der Waals surface area contributed by atoms with Crippen LogP contribution < -0.4 is 96.6 Å². The van der Waals surface area contributed by atoms with Crippen molar-refractivity contribution < 1.29 is 109 Å².